The molecular weight excluding hydrogens is 248 g/mol. The standard InChI is InChI=1S/C17H18N2O/c1-3-19-15-10-9-12(2)11-14(15)18-16(17(19)20)13-7-5-4-6-8-13/h4-11,16,18H,3H2,1-2H3. The number of amides is 1. The second kappa shape index (κ2) is 5.00. The minimum atomic E-state index is -0.301. The quantitative estimate of drug-likeness (QED) is 0.902. The highest BCUT2D eigenvalue weighted by molar-refractivity contribution is 6.05. The number of fused-ring (bicyclic) bond motifs is 1. The summed E-state index contributed by atoms with van der Waals surface area (Å²) in [5.74, 6) is 0.107. The third-order valence-electron chi connectivity index (χ3n) is 3.70. The van der Waals surface area contributed by atoms with E-state index in [1.807, 2.05) is 54.3 Å². The molecule has 1 unspecified atom stereocenters. The molecule has 0 spiro atoms. The normalized spacial score (nSPS) is 17.6. The second-order valence-corrected chi connectivity index (χ2v) is 5.09. The van der Waals surface area contributed by atoms with Crippen molar-refractivity contribution in [1.29, 1.82) is 0 Å². The van der Waals surface area contributed by atoms with Crippen LogP contribution in [-0.4, -0.2) is 12.5 Å². The molecule has 1 aliphatic heterocycles. The molecule has 20 heavy (non-hydrogen) atoms. The Balaban J connectivity index is 2.07. The van der Waals surface area contributed by atoms with Gasteiger partial charge in [0.25, 0.3) is 5.91 Å². The molecule has 3 rings (SSSR count). The van der Waals surface area contributed by atoms with E-state index in [4.69, 9.17) is 0 Å². The summed E-state index contributed by atoms with van der Waals surface area (Å²) in [6.45, 7) is 4.75. The lowest BCUT2D eigenvalue weighted by molar-refractivity contribution is -0.119. The molecule has 1 heterocycles. The van der Waals surface area contributed by atoms with Crippen LogP contribution >= 0.6 is 0 Å². The maximum atomic E-state index is 12.7. The maximum Gasteiger partial charge on any atom is 0.254 e. The van der Waals surface area contributed by atoms with E-state index in [0.717, 1.165) is 16.9 Å². The van der Waals surface area contributed by atoms with Crippen LogP contribution in [-0.2, 0) is 4.79 Å². The van der Waals surface area contributed by atoms with Crippen molar-refractivity contribution in [3.63, 3.8) is 0 Å². The summed E-state index contributed by atoms with van der Waals surface area (Å²) in [7, 11) is 0. The van der Waals surface area contributed by atoms with Crippen LogP contribution in [0.4, 0.5) is 11.4 Å². The van der Waals surface area contributed by atoms with E-state index in [0.29, 0.717) is 6.54 Å². The molecule has 3 heteroatoms. The molecule has 0 radical (unpaired) electrons. The van der Waals surface area contributed by atoms with Gasteiger partial charge in [0.05, 0.1) is 11.4 Å². The number of benzene rings is 2. The lowest BCUT2D eigenvalue weighted by Gasteiger charge is -2.35. The van der Waals surface area contributed by atoms with E-state index in [1.165, 1.54) is 5.56 Å². The zero-order chi connectivity index (χ0) is 14.1. The maximum absolute atomic E-state index is 12.7. The summed E-state index contributed by atoms with van der Waals surface area (Å²) < 4.78 is 0. The first-order chi connectivity index (χ1) is 9.70. The number of carbonyl (C=O) groups excluding carboxylic acids is 1. The lowest BCUT2D eigenvalue weighted by Crippen LogP contribution is -2.42. The number of carbonyl (C=O) groups is 1. The van der Waals surface area contributed by atoms with Crippen molar-refractivity contribution in [3.8, 4) is 0 Å². The molecule has 0 saturated heterocycles. The van der Waals surface area contributed by atoms with Crippen LogP contribution in [0.25, 0.3) is 0 Å². The van der Waals surface area contributed by atoms with Gasteiger partial charge in [-0.1, -0.05) is 36.4 Å². The number of rotatable bonds is 2. The largest absolute Gasteiger partial charge is 0.368 e. The van der Waals surface area contributed by atoms with Crippen LogP contribution in [0.1, 0.15) is 24.1 Å². The summed E-state index contributed by atoms with van der Waals surface area (Å²) in [5.41, 5.74) is 4.19. The first-order valence-electron chi connectivity index (χ1n) is 6.94. The van der Waals surface area contributed by atoms with Crippen molar-refractivity contribution in [1.82, 2.24) is 0 Å². The number of hydrogen-bond donors (Lipinski definition) is 1. The van der Waals surface area contributed by atoms with E-state index >= 15 is 0 Å². The summed E-state index contributed by atoms with van der Waals surface area (Å²) in [4.78, 5) is 14.5. The minimum absolute atomic E-state index is 0.107. The Morgan fingerprint density at radius 3 is 2.60 bits per heavy atom. The third kappa shape index (κ3) is 2.05. The Morgan fingerprint density at radius 2 is 1.90 bits per heavy atom. The van der Waals surface area contributed by atoms with Gasteiger partial charge in [0.2, 0.25) is 0 Å². The highest BCUT2D eigenvalue weighted by Crippen LogP contribution is 2.36. The number of hydrogen-bond acceptors (Lipinski definition) is 2. The Labute approximate surface area is 119 Å². The van der Waals surface area contributed by atoms with Gasteiger partial charge < -0.3 is 10.2 Å². The molecule has 3 nitrogen and oxygen atoms in total. The van der Waals surface area contributed by atoms with Crippen LogP contribution in [0.15, 0.2) is 48.5 Å². The fourth-order valence-electron chi connectivity index (χ4n) is 2.69. The number of aryl methyl sites for hydroxylation is 1. The van der Waals surface area contributed by atoms with Gasteiger partial charge >= 0.3 is 0 Å². The van der Waals surface area contributed by atoms with E-state index in [9.17, 15) is 4.79 Å². The van der Waals surface area contributed by atoms with Crippen LogP contribution in [0, 0.1) is 6.92 Å². The third-order valence-corrected chi connectivity index (χ3v) is 3.70. The van der Waals surface area contributed by atoms with E-state index in [1.54, 1.807) is 0 Å². The molecular formula is C17H18N2O. The molecule has 1 amide bonds. The summed E-state index contributed by atoms with van der Waals surface area (Å²) >= 11 is 0. The Hall–Kier alpha value is -2.29. The van der Waals surface area contributed by atoms with Crippen molar-refractivity contribution < 1.29 is 4.79 Å². The van der Waals surface area contributed by atoms with Crippen LogP contribution < -0.4 is 10.2 Å². The first-order valence-corrected chi connectivity index (χ1v) is 6.94. The van der Waals surface area contributed by atoms with Crippen molar-refractivity contribution in [3.05, 3.63) is 59.7 Å². The van der Waals surface area contributed by atoms with Crippen molar-refractivity contribution in [2.75, 3.05) is 16.8 Å². The van der Waals surface area contributed by atoms with E-state index in [2.05, 4.69) is 18.3 Å². The fraction of sp³-hybridized carbons (Fsp3) is 0.235. The average Bonchev–Trinajstić information content (AvgIpc) is 2.48. The number of anilines is 2. The van der Waals surface area contributed by atoms with Gasteiger partial charge in [-0.3, -0.25) is 4.79 Å². The summed E-state index contributed by atoms with van der Waals surface area (Å²) in [5, 5.41) is 3.38. The average molecular weight is 266 g/mol. The predicted octanol–water partition coefficient (Wildman–Crippen LogP) is 3.51. The highest BCUT2D eigenvalue weighted by Gasteiger charge is 2.32. The second-order valence-electron chi connectivity index (χ2n) is 5.09. The van der Waals surface area contributed by atoms with Gasteiger partial charge in [0, 0.05) is 6.54 Å². The monoisotopic (exact) mass is 266 g/mol. The molecule has 2 aromatic carbocycles. The SMILES string of the molecule is CCN1C(=O)C(c2ccccc2)Nc2cc(C)ccc21. The van der Waals surface area contributed by atoms with Crippen molar-refractivity contribution in [2.24, 2.45) is 0 Å². The summed E-state index contributed by atoms with van der Waals surface area (Å²) in [6.07, 6.45) is 0. The molecule has 0 aromatic heterocycles. The van der Waals surface area contributed by atoms with Crippen molar-refractivity contribution >= 4 is 17.3 Å². The van der Waals surface area contributed by atoms with Crippen molar-refractivity contribution in [2.45, 2.75) is 19.9 Å². The predicted molar refractivity (Wildman–Crippen MR) is 82.0 cm³/mol. The Morgan fingerprint density at radius 1 is 1.15 bits per heavy atom. The molecule has 0 saturated carbocycles. The van der Waals surface area contributed by atoms with Crippen LogP contribution in [0.2, 0.25) is 0 Å². The lowest BCUT2D eigenvalue weighted by atomic mass is 10.0. The summed E-state index contributed by atoms with van der Waals surface area (Å²) in [6, 6.07) is 15.7. The molecule has 1 N–H and O–H groups in total. The van der Waals surface area contributed by atoms with Gasteiger partial charge in [-0.2, -0.15) is 0 Å². The van der Waals surface area contributed by atoms with Gasteiger partial charge in [-0.15, -0.1) is 0 Å². The molecule has 0 bridgehead atoms. The van der Waals surface area contributed by atoms with Gasteiger partial charge in [0.15, 0.2) is 0 Å². The first kappa shape index (κ1) is 12.7. The smallest absolute Gasteiger partial charge is 0.254 e. The van der Waals surface area contributed by atoms with E-state index < -0.39 is 0 Å². The molecule has 102 valence electrons. The molecule has 0 fully saturated rings. The topological polar surface area (TPSA) is 32.3 Å². The van der Waals surface area contributed by atoms with Gasteiger partial charge in [0.1, 0.15) is 6.04 Å². The Kier molecular flexibility index (Phi) is 3.18. The highest BCUT2D eigenvalue weighted by atomic mass is 16.2. The molecule has 1 aliphatic rings. The number of likely N-dealkylation sites (N-methyl/N-ethyl adjacent to an activating group) is 1. The molecule has 0 aliphatic carbocycles. The van der Waals surface area contributed by atoms with Gasteiger partial charge in [-0.25, -0.2) is 0 Å². The van der Waals surface area contributed by atoms with Gasteiger partial charge in [-0.05, 0) is 37.1 Å². The molecule has 2 aromatic rings. The van der Waals surface area contributed by atoms with E-state index in [-0.39, 0.29) is 11.9 Å². The zero-order valence-electron chi connectivity index (χ0n) is 11.8. The fourth-order valence-corrected chi connectivity index (χ4v) is 2.69. The van der Waals surface area contributed by atoms with Crippen LogP contribution in [0.5, 0.6) is 0 Å². The number of nitrogens with one attached hydrogen (secondary N) is 1. The Bertz CT molecular complexity index is 637. The minimum Gasteiger partial charge on any atom is -0.368 e. The molecule has 1 atom stereocenters. The number of nitrogens with zero attached hydrogens (tertiary/aromatic N) is 1. The van der Waals surface area contributed by atoms with Crippen LogP contribution in [0.3, 0.4) is 0 Å². The zero-order valence-corrected chi connectivity index (χ0v) is 11.8.